The van der Waals surface area contributed by atoms with Gasteiger partial charge in [-0.25, -0.2) is 5.43 Å². The number of nitrogens with one attached hydrogen (secondary N) is 2. The third-order valence-corrected chi connectivity index (χ3v) is 6.77. The number of benzene rings is 3. The van der Waals surface area contributed by atoms with Gasteiger partial charge in [0.15, 0.2) is 5.75 Å². The number of hydrogen-bond donors (Lipinski definition) is 3. The molecule has 0 saturated heterocycles. The molecule has 35 heavy (non-hydrogen) atoms. The van der Waals surface area contributed by atoms with Crippen molar-refractivity contribution >= 4 is 61.8 Å². The lowest BCUT2D eigenvalue weighted by Gasteiger charge is -2.11. The number of halogens is 1. The molecule has 4 rings (SSSR count). The van der Waals surface area contributed by atoms with Crippen LogP contribution in [0.3, 0.4) is 0 Å². The lowest BCUT2D eigenvalue weighted by atomic mass is 10.0. The Bertz CT molecular complexity index is 1520. The van der Waals surface area contributed by atoms with Crippen molar-refractivity contribution in [3.8, 4) is 17.6 Å². The first-order chi connectivity index (χ1) is 16.9. The maximum absolute atomic E-state index is 12.9. The van der Waals surface area contributed by atoms with Gasteiger partial charge in [-0.3, -0.25) is 9.59 Å². The molecule has 1 aromatic heterocycles. The quantitative estimate of drug-likeness (QED) is 0.224. The average Bonchev–Trinajstić information content (AvgIpc) is 3.25. The van der Waals surface area contributed by atoms with Crippen molar-refractivity contribution in [2.24, 2.45) is 5.10 Å². The van der Waals surface area contributed by atoms with Gasteiger partial charge >= 0.3 is 0 Å². The lowest BCUT2D eigenvalue weighted by molar-refractivity contribution is 0.0954. The van der Waals surface area contributed by atoms with Crippen LogP contribution in [0.25, 0.3) is 10.8 Å². The molecule has 0 bridgehead atoms. The summed E-state index contributed by atoms with van der Waals surface area (Å²) in [6.45, 7) is 0. The van der Waals surface area contributed by atoms with Crippen molar-refractivity contribution in [3.63, 3.8) is 0 Å². The van der Waals surface area contributed by atoms with Gasteiger partial charge in [0.05, 0.1) is 24.5 Å². The first-order valence-corrected chi connectivity index (χ1v) is 11.8. The number of anilines is 1. The van der Waals surface area contributed by atoms with E-state index in [1.807, 2.05) is 30.3 Å². The summed E-state index contributed by atoms with van der Waals surface area (Å²) in [7, 11) is 1.51. The number of methoxy groups -OCH3 is 1. The van der Waals surface area contributed by atoms with Gasteiger partial charge < -0.3 is 15.2 Å². The summed E-state index contributed by atoms with van der Waals surface area (Å²) in [5, 5.41) is 28.9. The monoisotopic (exact) mass is 548 g/mol. The third kappa shape index (κ3) is 5.01. The van der Waals surface area contributed by atoms with E-state index in [0.29, 0.717) is 17.0 Å². The molecule has 8 nitrogen and oxygen atoms in total. The fourth-order valence-electron chi connectivity index (χ4n) is 3.40. The number of hydrazone groups is 1. The number of carbonyl (C=O) groups excluding carboxylic acids is 2. The Morgan fingerprint density at radius 3 is 2.66 bits per heavy atom. The Morgan fingerprint density at radius 1 is 1.14 bits per heavy atom. The number of aromatic hydroxyl groups is 1. The van der Waals surface area contributed by atoms with Crippen LogP contribution in [0, 0.1) is 11.3 Å². The Hall–Kier alpha value is -4.20. The number of nitriles is 1. The van der Waals surface area contributed by atoms with Crippen molar-refractivity contribution in [3.05, 3.63) is 86.0 Å². The topological polar surface area (TPSA) is 124 Å². The van der Waals surface area contributed by atoms with Crippen molar-refractivity contribution < 1.29 is 19.4 Å². The number of phenolic OH excluding ortho intramolecular Hbond substituents is 1. The fourth-order valence-corrected chi connectivity index (χ4v) is 4.79. The molecule has 0 unspecified atom stereocenters. The van der Waals surface area contributed by atoms with Crippen LogP contribution in [-0.4, -0.2) is 30.2 Å². The SMILES string of the molecule is COc1c(C(=O)Nc2ccc(/C=N/NC(=O)c3ccc(O)c(C#N)c3)c3ccccc23)csc1Br. The molecule has 0 saturated carbocycles. The summed E-state index contributed by atoms with van der Waals surface area (Å²) in [4.78, 5) is 25.2. The zero-order chi connectivity index (χ0) is 24.9. The molecule has 0 radical (unpaired) electrons. The lowest BCUT2D eigenvalue weighted by Crippen LogP contribution is -2.17. The van der Waals surface area contributed by atoms with Crippen LogP contribution in [0.4, 0.5) is 5.69 Å². The molecule has 0 spiro atoms. The molecule has 3 N–H and O–H groups in total. The third-order valence-electron chi connectivity index (χ3n) is 5.11. The van der Waals surface area contributed by atoms with E-state index in [1.165, 1.54) is 42.9 Å². The van der Waals surface area contributed by atoms with E-state index in [1.54, 1.807) is 17.5 Å². The number of carbonyl (C=O) groups is 2. The summed E-state index contributed by atoms with van der Waals surface area (Å²) >= 11 is 4.75. The van der Waals surface area contributed by atoms with Gasteiger partial charge in [-0.05, 0) is 45.6 Å². The van der Waals surface area contributed by atoms with Crippen LogP contribution >= 0.6 is 27.3 Å². The predicted octanol–water partition coefficient (Wildman–Crippen LogP) is 5.27. The maximum Gasteiger partial charge on any atom is 0.271 e. The summed E-state index contributed by atoms with van der Waals surface area (Å²) in [6, 6.07) is 16.8. The van der Waals surface area contributed by atoms with Gasteiger partial charge in [-0.15, -0.1) is 11.3 Å². The van der Waals surface area contributed by atoms with Gasteiger partial charge in [-0.2, -0.15) is 10.4 Å². The molecule has 0 atom stereocenters. The van der Waals surface area contributed by atoms with Crippen molar-refractivity contribution in [1.82, 2.24) is 5.43 Å². The highest BCUT2D eigenvalue weighted by atomic mass is 79.9. The smallest absolute Gasteiger partial charge is 0.271 e. The van der Waals surface area contributed by atoms with Gasteiger partial charge in [0, 0.05) is 27.6 Å². The standard InChI is InChI=1S/C25H17BrN4O4S/c1-34-22-19(13-35-23(22)26)25(33)29-20-8-6-15(17-4-2-3-5-18(17)20)12-28-30-24(32)14-7-9-21(31)16(10-14)11-27/h2-10,12-13,31H,1H3,(H,29,33)(H,30,32)/b28-12+. The van der Waals surface area contributed by atoms with Gasteiger partial charge in [-0.1, -0.05) is 30.3 Å². The van der Waals surface area contributed by atoms with E-state index >= 15 is 0 Å². The largest absolute Gasteiger partial charge is 0.507 e. The molecule has 1 heterocycles. The molecule has 3 aromatic carbocycles. The van der Waals surface area contributed by atoms with Crippen LogP contribution < -0.4 is 15.5 Å². The number of nitrogens with zero attached hydrogens (tertiary/aromatic N) is 2. The van der Waals surface area contributed by atoms with E-state index in [9.17, 15) is 14.7 Å². The van der Waals surface area contributed by atoms with E-state index < -0.39 is 5.91 Å². The fraction of sp³-hybridized carbons (Fsp3) is 0.0400. The summed E-state index contributed by atoms with van der Waals surface area (Å²) < 4.78 is 6.05. The van der Waals surface area contributed by atoms with Crippen LogP contribution in [-0.2, 0) is 0 Å². The Morgan fingerprint density at radius 2 is 1.91 bits per heavy atom. The average molecular weight is 549 g/mol. The summed E-state index contributed by atoms with van der Waals surface area (Å²) in [6.07, 6.45) is 1.50. The highest BCUT2D eigenvalue weighted by Crippen LogP contribution is 2.36. The Balaban J connectivity index is 1.56. The number of amides is 2. The number of hydrogen-bond acceptors (Lipinski definition) is 7. The molecule has 0 aliphatic carbocycles. The molecule has 0 aliphatic rings. The second kappa shape index (κ2) is 10.4. The van der Waals surface area contributed by atoms with Crippen molar-refractivity contribution in [2.45, 2.75) is 0 Å². The second-order valence-electron chi connectivity index (χ2n) is 7.20. The predicted molar refractivity (Wildman–Crippen MR) is 138 cm³/mol. The molecule has 4 aromatic rings. The molecule has 10 heteroatoms. The number of thiophene rings is 1. The Kier molecular flexibility index (Phi) is 7.10. The molecular formula is C25H17BrN4O4S. The molecular weight excluding hydrogens is 532 g/mol. The van der Waals surface area contributed by atoms with Crippen molar-refractivity contribution in [2.75, 3.05) is 12.4 Å². The van der Waals surface area contributed by atoms with Crippen molar-refractivity contribution in [1.29, 1.82) is 5.26 Å². The normalized spacial score (nSPS) is 10.8. The minimum Gasteiger partial charge on any atom is -0.507 e. The first kappa shape index (κ1) is 23.9. The number of phenols is 1. The molecule has 0 aliphatic heterocycles. The molecule has 174 valence electrons. The maximum atomic E-state index is 12.9. The number of fused-ring (bicyclic) bond motifs is 1. The van der Waals surface area contributed by atoms with E-state index in [2.05, 4.69) is 31.8 Å². The molecule has 0 fully saturated rings. The van der Waals surface area contributed by atoms with E-state index in [0.717, 1.165) is 20.1 Å². The zero-order valence-electron chi connectivity index (χ0n) is 18.2. The molecule has 2 amide bonds. The van der Waals surface area contributed by atoms with Crippen LogP contribution in [0.2, 0.25) is 0 Å². The highest BCUT2D eigenvalue weighted by molar-refractivity contribution is 9.11. The first-order valence-electron chi connectivity index (χ1n) is 10.1. The zero-order valence-corrected chi connectivity index (χ0v) is 20.6. The Labute approximate surface area is 212 Å². The van der Waals surface area contributed by atoms with E-state index in [4.69, 9.17) is 10.00 Å². The number of ether oxygens (including phenoxy) is 1. The second-order valence-corrected chi connectivity index (χ2v) is 9.40. The van der Waals surface area contributed by atoms with Gasteiger partial charge in [0.1, 0.15) is 15.6 Å². The summed E-state index contributed by atoms with van der Waals surface area (Å²) in [5.74, 6) is -0.543. The summed E-state index contributed by atoms with van der Waals surface area (Å²) in [5.41, 5.74) is 4.37. The highest BCUT2D eigenvalue weighted by Gasteiger charge is 2.18. The van der Waals surface area contributed by atoms with Crippen LogP contribution in [0.15, 0.2) is 68.9 Å². The van der Waals surface area contributed by atoms with E-state index in [-0.39, 0.29) is 22.8 Å². The minimum absolute atomic E-state index is 0.00214. The number of rotatable bonds is 6. The van der Waals surface area contributed by atoms with Gasteiger partial charge in [0.25, 0.3) is 11.8 Å². The van der Waals surface area contributed by atoms with Crippen LogP contribution in [0.1, 0.15) is 31.8 Å². The minimum atomic E-state index is -0.526. The van der Waals surface area contributed by atoms with Gasteiger partial charge in [0.2, 0.25) is 0 Å². The van der Waals surface area contributed by atoms with Crippen LogP contribution in [0.5, 0.6) is 11.5 Å².